The van der Waals surface area contributed by atoms with Gasteiger partial charge in [-0.3, -0.25) is 0 Å². The van der Waals surface area contributed by atoms with Crippen LogP contribution in [0.15, 0.2) is 65.2 Å². The van der Waals surface area contributed by atoms with Gasteiger partial charge in [0.05, 0.1) is 6.61 Å². The Hall–Kier alpha value is -4.21. The van der Waals surface area contributed by atoms with Crippen LogP contribution in [0, 0.1) is 5.92 Å². The van der Waals surface area contributed by atoms with Gasteiger partial charge in [0, 0.05) is 25.8 Å². The number of aromatic nitrogens is 5. The van der Waals surface area contributed by atoms with E-state index in [1.54, 1.807) is 0 Å². The van der Waals surface area contributed by atoms with E-state index in [0.29, 0.717) is 24.5 Å². The maximum Gasteiger partial charge on any atom is 0.324 e. The second-order valence-corrected chi connectivity index (χ2v) is 8.17. The largest absolute Gasteiger partial charge is 0.493 e. The second kappa shape index (κ2) is 9.74. The van der Waals surface area contributed by atoms with Gasteiger partial charge in [0.1, 0.15) is 5.75 Å². The summed E-state index contributed by atoms with van der Waals surface area (Å²) in [6.45, 7) is 2.33. The Bertz CT molecular complexity index is 1210. The first kappa shape index (κ1) is 21.6. The Labute approximate surface area is 197 Å². The van der Waals surface area contributed by atoms with E-state index in [0.717, 1.165) is 37.4 Å². The monoisotopic (exact) mass is 458 g/mol. The number of benzene rings is 2. The molecule has 0 saturated carbocycles. The van der Waals surface area contributed by atoms with Crippen molar-refractivity contribution >= 4 is 23.6 Å². The number of piperidine rings is 1. The lowest BCUT2D eigenvalue weighted by Crippen LogP contribution is -2.35. The van der Waals surface area contributed by atoms with E-state index in [2.05, 4.69) is 30.0 Å². The van der Waals surface area contributed by atoms with Crippen LogP contribution in [0.4, 0.5) is 23.6 Å². The first-order valence-electron chi connectivity index (χ1n) is 11.2. The van der Waals surface area contributed by atoms with Gasteiger partial charge in [-0.1, -0.05) is 41.6 Å². The predicted molar refractivity (Wildman–Crippen MR) is 129 cm³/mol. The molecule has 0 unspecified atom stereocenters. The highest BCUT2D eigenvalue weighted by atomic mass is 16.5. The second-order valence-electron chi connectivity index (χ2n) is 8.17. The number of anilines is 4. The predicted octanol–water partition coefficient (Wildman–Crippen LogP) is 3.57. The van der Waals surface area contributed by atoms with Crippen LogP contribution in [0.25, 0.3) is 11.6 Å². The number of para-hydroxylation sites is 2. The molecule has 1 aliphatic rings. The van der Waals surface area contributed by atoms with Crippen molar-refractivity contribution in [2.45, 2.75) is 12.8 Å². The van der Waals surface area contributed by atoms with E-state index in [1.165, 1.54) is 0 Å². The van der Waals surface area contributed by atoms with Crippen molar-refractivity contribution in [3.8, 4) is 17.4 Å². The van der Waals surface area contributed by atoms with Crippen LogP contribution in [0.5, 0.6) is 5.75 Å². The smallest absolute Gasteiger partial charge is 0.324 e. The number of hydrogen-bond donors (Lipinski definition) is 1. The molecule has 0 spiro atoms. The van der Waals surface area contributed by atoms with Crippen molar-refractivity contribution in [2.24, 2.45) is 5.92 Å². The van der Waals surface area contributed by atoms with Gasteiger partial charge >= 0.3 is 6.01 Å². The van der Waals surface area contributed by atoms with E-state index < -0.39 is 0 Å². The van der Waals surface area contributed by atoms with Gasteiger partial charge in [-0.25, -0.2) is 0 Å². The van der Waals surface area contributed by atoms with Crippen molar-refractivity contribution in [1.82, 2.24) is 25.1 Å². The summed E-state index contributed by atoms with van der Waals surface area (Å²) in [4.78, 5) is 21.4. The highest BCUT2D eigenvalue weighted by molar-refractivity contribution is 5.59. The van der Waals surface area contributed by atoms with Gasteiger partial charge in [-0.15, -0.1) is 0 Å². The lowest BCUT2D eigenvalue weighted by molar-refractivity contribution is 0.220. The molecule has 0 radical (unpaired) electrons. The van der Waals surface area contributed by atoms with Gasteiger partial charge in [0.2, 0.25) is 23.5 Å². The highest BCUT2D eigenvalue weighted by Gasteiger charge is 2.25. The van der Waals surface area contributed by atoms with Crippen molar-refractivity contribution < 1.29 is 9.26 Å². The average molecular weight is 459 g/mol. The van der Waals surface area contributed by atoms with Crippen molar-refractivity contribution in [3.63, 3.8) is 0 Å². The lowest BCUT2D eigenvalue weighted by atomic mass is 9.98. The summed E-state index contributed by atoms with van der Waals surface area (Å²) in [5.41, 5.74) is 6.87. The number of hydrogen-bond acceptors (Lipinski definition) is 10. The molecule has 2 N–H and O–H groups in total. The van der Waals surface area contributed by atoms with E-state index in [-0.39, 0.29) is 17.6 Å². The molecule has 34 heavy (non-hydrogen) atoms. The minimum absolute atomic E-state index is 0.0911. The molecule has 2 aromatic carbocycles. The normalized spacial score (nSPS) is 14.2. The maximum atomic E-state index is 5.95. The van der Waals surface area contributed by atoms with E-state index in [9.17, 15) is 0 Å². The summed E-state index contributed by atoms with van der Waals surface area (Å²) in [5, 5.41) is 4.09. The first-order valence-corrected chi connectivity index (χ1v) is 11.2. The Balaban J connectivity index is 1.23. The van der Waals surface area contributed by atoms with Crippen LogP contribution in [0.3, 0.4) is 0 Å². The fourth-order valence-corrected chi connectivity index (χ4v) is 3.85. The molecule has 2 aromatic heterocycles. The number of nitrogens with zero attached hydrogens (tertiary/aromatic N) is 7. The molecular weight excluding hydrogens is 432 g/mol. The highest BCUT2D eigenvalue weighted by Crippen LogP contribution is 2.26. The van der Waals surface area contributed by atoms with Crippen LogP contribution in [-0.4, -0.2) is 51.8 Å². The van der Waals surface area contributed by atoms with Gasteiger partial charge in [0.25, 0.3) is 0 Å². The number of ether oxygens (including phenoxy) is 1. The molecular formula is C24H26N8O2. The molecule has 1 aliphatic heterocycles. The number of nitrogens with two attached hydrogens (primary N) is 1. The molecule has 5 rings (SSSR count). The van der Waals surface area contributed by atoms with E-state index in [4.69, 9.17) is 15.0 Å². The van der Waals surface area contributed by atoms with Crippen molar-refractivity contribution in [2.75, 3.05) is 42.3 Å². The summed E-state index contributed by atoms with van der Waals surface area (Å²) in [5.74, 6) is 2.43. The van der Waals surface area contributed by atoms with Gasteiger partial charge in [0.15, 0.2) is 0 Å². The van der Waals surface area contributed by atoms with E-state index in [1.807, 2.05) is 72.6 Å². The van der Waals surface area contributed by atoms with Crippen LogP contribution in [0.1, 0.15) is 12.8 Å². The Morgan fingerprint density at radius 2 is 1.65 bits per heavy atom. The zero-order valence-corrected chi connectivity index (χ0v) is 18.9. The van der Waals surface area contributed by atoms with Crippen molar-refractivity contribution in [3.05, 3.63) is 60.7 Å². The number of nitrogen functional groups attached to an aromatic ring is 1. The van der Waals surface area contributed by atoms with Gasteiger partial charge in [-0.2, -0.15) is 19.9 Å². The molecule has 4 aromatic rings. The Morgan fingerprint density at radius 1 is 0.941 bits per heavy atom. The fraction of sp³-hybridized carbons (Fsp3) is 0.292. The first-order chi connectivity index (χ1) is 16.7. The molecule has 0 bridgehead atoms. The third-order valence-corrected chi connectivity index (χ3v) is 5.81. The summed E-state index contributed by atoms with van der Waals surface area (Å²) >= 11 is 0. The Morgan fingerprint density at radius 3 is 2.38 bits per heavy atom. The quantitative estimate of drug-likeness (QED) is 0.440. The zero-order chi connectivity index (χ0) is 23.3. The van der Waals surface area contributed by atoms with E-state index >= 15 is 0 Å². The summed E-state index contributed by atoms with van der Waals surface area (Å²) < 4.78 is 11.4. The van der Waals surface area contributed by atoms with Crippen LogP contribution in [-0.2, 0) is 0 Å². The fourth-order valence-electron chi connectivity index (χ4n) is 3.85. The van der Waals surface area contributed by atoms with Crippen LogP contribution >= 0.6 is 0 Å². The molecule has 1 fully saturated rings. The molecule has 10 heteroatoms. The lowest BCUT2D eigenvalue weighted by Gasteiger charge is -2.30. The minimum Gasteiger partial charge on any atom is -0.493 e. The third-order valence-electron chi connectivity index (χ3n) is 5.81. The van der Waals surface area contributed by atoms with Gasteiger partial charge in [-0.05, 0) is 43.0 Å². The molecule has 0 aliphatic carbocycles. The molecule has 174 valence electrons. The number of rotatable bonds is 7. The summed E-state index contributed by atoms with van der Waals surface area (Å²) in [6.07, 6.45) is 1.96. The topological polar surface area (TPSA) is 119 Å². The third kappa shape index (κ3) is 4.90. The maximum absolute atomic E-state index is 5.95. The van der Waals surface area contributed by atoms with Gasteiger partial charge < -0.3 is 24.8 Å². The summed E-state index contributed by atoms with van der Waals surface area (Å²) in [6, 6.07) is 20.1. The van der Waals surface area contributed by atoms with Crippen LogP contribution < -0.4 is 20.3 Å². The molecule has 3 heterocycles. The molecule has 0 amide bonds. The van der Waals surface area contributed by atoms with Crippen molar-refractivity contribution in [1.29, 1.82) is 0 Å². The Kier molecular flexibility index (Phi) is 6.19. The zero-order valence-electron chi connectivity index (χ0n) is 18.9. The minimum atomic E-state index is 0.0911. The molecule has 1 saturated heterocycles. The SMILES string of the molecule is CN(c1ccccc1)c1nc(N)nc(-c2noc(N3CCC(COc4ccccc4)CC3)n2)n1. The van der Waals surface area contributed by atoms with Crippen LogP contribution in [0.2, 0.25) is 0 Å². The summed E-state index contributed by atoms with van der Waals surface area (Å²) in [7, 11) is 1.86. The average Bonchev–Trinajstić information content (AvgIpc) is 3.39. The molecule has 10 nitrogen and oxygen atoms in total. The standard InChI is InChI=1S/C24H26N8O2/c1-31(18-8-4-2-5-9-18)23-27-20(26-22(25)29-23)21-28-24(34-30-21)32-14-12-17(13-15-32)16-33-19-10-6-3-7-11-19/h2-11,17H,12-16H2,1H3,(H2,25,26,27,29). The molecule has 0 atom stereocenters.